The Kier molecular flexibility index (Phi) is 7.99. The van der Waals surface area contributed by atoms with E-state index in [2.05, 4.69) is 73.8 Å². The zero-order valence-corrected chi connectivity index (χ0v) is 18.5. The molecule has 0 saturated carbocycles. The van der Waals surface area contributed by atoms with Gasteiger partial charge in [-0.25, -0.2) is 0 Å². The van der Waals surface area contributed by atoms with Crippen molar-refractivity contribution in [3.05, 3.63) is 86.0 Å². The van der Waals surface area contributed by atoms with Gasteiger partial charge in [0.25, 0.3) is 0 Å². The van der Waals surface area contributed by atoms with Crippen molar-refractivity contribution in [2.45, 2.75) is 50.5 Å². The van der Waals surface area contributed by atoms with E-state index in [0.29, 0.717) is 13.0 Å². The Bertz CT molecular complexity index is 695. The summed E-state index contributed by atoms with van der Waals surface area (Å²) in [5.74, 6) is 0. The summed E-state index contributed by atoms with van der Waals surface area (Å²) in [4.78, 5) is 0. The number of aliphatic hydroxyl groups is 1. The summed E-state index contributed by atoms with van der Waals surface area (Å²) in [6.07, 6.45) is 4.16. The van der Waals surface area contributed by atoms with E-state index < -0.39 is 14.2 Å². The molecule has 0 aliphatic heterocycles. The second-order valence-corrected chi connectivity index (χ2v) is 12.6. The van der Waals surface area contributed by atoms with Crippen molar-refractivity contribution in [3.8, 4) is 0 Å². The largest absolute Gasteiger partial charge is 0.391 e. The van der Waals surface area contributed by atoms with E-state index in [4.69, 9.17) is 4.74 Å². The number of hydrogen-bond acceptors (Lipinski definition) is 2. The molecule has 3 heteroatoms. The molecule has 0 fully saturated rings. The number of aliphatic hydroxyl groups excluding tert-OH is 1. The second kappa shape index (κ2) is 10.0. The molecule has 0 aliphatic rings. The van der Waals surface area contributed by atoms with Gasteiger partial charge in [0.15, 0.2) is 0 Å². The van der Waals surface area contributed by atoms with Crippen molar-refractivity contribution in [3.63, 3.8) is 0 Å². The minimum absolute atomic E-state index is 0.161. The summed E-state index contributed by atoms with van der Waals surface area (Å²) in [5.41, 5.74) is -0.104. The monoisotopic (exact) mass is 394 g/mol. The van der Waals surface area contributed by atoms with Crippen LogP contribution in [0.4, 0.5) is 0 Å². The van der Waals surface area contributed by atoms with Crippen LogP contribution in [-0.4, -0.2) is 31.5 Å². The van der Waals surface area contributed by atoms with Gasteiger partial charge in [-0.1, -0.05) is 83.2 Å². The van der Waals surface area contributed by atoms with Crippen molar-refractivity contribution < 1.29 is 9.84 Å². The van der Waals surface area contributed by atoms with Gasteiger partial charge in [0.2, 0.25) is 0 Å². The molecule has 2 atom stereocenters. The smallest absolute Gasteiger partial charge is 0.128 e. The summed E-state index contributed by atoms with van der Waals surface area (Å²) in [5, 5.41) is 13.4. The van der Waals surface area contributed by atoms with Crippen molar-refractivity contribution in [2.24, 2.45) is 0 Å². The Hall–Kier alpha value is -1.94. The summed E-state index contributed by atoms with van der Waals surface area (Å²) in [7, 11) is -2.27. The molecule has 0 amide bonds. The molecule has 0 heterocycles. The number of hydrogen-bond donors (Lipinski definition) is 1. The van der Waals surface area contributed by atoms with Crippen molar-refractivity contribution in [2.75, 3.05) is 6.61 Å². The van der Waals surface area contributed by atoms with E-state index in [9.17, 15) is 5.11 Å². The van der Waals surface area contributed by atoms with Gasteiger partial charge in [0, 0.05) is 0 Å². The molecule has 0 aromatic heterocycles. The lowest BCUT2D eigenvalue weighted by atomic mass is 10.1. The van der Waals surface area contributed by atoms with Gasteiger partial charge in [-0.3, -0.25) is 0 Å². The Morgan fingerprint density at radius 2 is 1.46 bits per heavy atom. The van der Waals surface area contributed by atoms with Crippen LogP contribution in [-0.2, 0) is 4.74 Å². The third-order valence-corrected chi connectivity index (χ3v) is 10.6. The molecule has 0 unspecified atom stereocenters. The zero-order valence-electron chi connectivity index (χ0n) is 17.5. The molecule has 0 bridgehead atoms. The van der Waals surface area contributed by atoms with Gasteiger partial charge in [-0.05, 0) is 38.8 Å². The Morgan fingerprint density at radius 3 is 1.86 bits per heavy atom. The molecule has 2 aromatic carbocycles. The minimum atomic E-state index is -2.27. The predicted molar refractivity (Wildman–Crippen MR) is 123 cm³/mol. The third-order valence-electron chi connectivity index (χ3n) is 5.20. The van der Waals surface area contributed by atoms with Crippen molar-refractivity contribution >= 4 is 18.4 Å². The first-order chi connectivity index (χ1) is 13.3. The first kappa shape index (κ1) is 22.3. The molecule has 2 aromatic rings. The van der Waals surface area contributed by atoms with Crippen LogP contribution < -0.4 is 10.4 Å². The molecular formula is C25H34O2Si. The topological polar surface area (TPSA) is 29.5 Å². The van der Waals surface area contributed by atoms with E-state index in [1.54, 1.807) is 0 Å². The highest BCUT2D eigenvalue weighted by Crippen LogP contribution is 2.32. The van der Waals surface area contributed by atoms with Crippen LogP contribution in [0.2, 0.25) is 11.6 Å². The van der Waals surface area contributed by atoms with Gasteiger partial charge in [-0.2, -0.15) is 0 Å². The molecular weight excluding hydrogens is 360 g/mol. The van der Waals surface area contributed by atoms with Gasteiger partial charge in [-0.15, -0.1) is 13.2 Å². The summed E-state index contributed by atoms with van der Waals surface area (Å²) in [6.45, 7) is 14.6. The number of allylic oxidation sites excluding steroid dienone is 2. The fourth-order valence-electron chi connectivity index (χ4n) is 3.89. The zero-order chi connectivity index (χ0) is 20.6. The van der Waals surface area contributed by atoms with Crippen molar-refractivity contribution in [1.82, 2.24) is 0 Å². The molecule has 1 N–H and O–H groups in total. The van der Waals surface area contributed by atoms with Crippen LogP contribution >= 0.6 is 0 Å². The van der Waals surface area contributed by atoms with Crippen LogP contribution in [0.25, 0.3) is 0 Å². The lowest BCUT2D eigenvalue weighted by Crippen LogP contribution is -2.61. The van der Waals surface area contributed by atoms with E-state index in [1.807, 2.05) is 32.9 Å². The minimum Gasteiger partial charge on any atom is -0.391 e. The summed E-state index contributed by atoms with van der Waals surface area (Å²) < 4.78 is 5.83. The number of rotatable bonds is 10. The fourth-order valence-corrected chi connectivity index (χ4v) is 8.96. The quantitative estimate of drug-likeness (QED) is 0.473. The maximum Gasteiger partial charge on any atom is 0.128 e. The van der Waals surface area contributed by atoms with Gasteiger partial charge < -0.3 is 9.84 Å². The van der Waals surface area contributed by atoms with Gasteiger partial charge in [0.1, 0.15) is 8.07 Å². The normalized spacial score (nSPS) is 14.3. The molecule has 150 valence electrons. The van der Waals surface area contributed by atoms with Crippen LogP contribution in [0.5, 0.6) is 0 Å². The van der Waals surface area contributed by atoms with E-state index >= 15 is 0 Å². The number of ether oxygens (including phenoxy) is 1. The average molecular weight is 395 g/mol. The highest BCUT2D eigenvalue weighted by Gasteiger charge is 2.42. The van der Waals surface area contributed by atoms with Gasteiger partial charge in [0.05, 0.1) is 18.3 Å². The predicted octanol–water partition coefficient (Wildman–Crippen LogP) is 4.56. The van der Waals surface area contributed by atoms with Crippen LogP contribution in [0, 0.1) is 0 Å². The third kappa shape index (κ3) is 5.54. The maximum atomic E-state index is 10.8. The lowest BCUT2D eigenvalue weighted by molar-refractivity contribution is -0.0502. The van der Waals surface area contributed by atoms with E-state index in [-0.39, 0.29) is 11.1 Å². The molecule has 28 heavy (non-hydrogen) atoms. The Balaban J connectivity index is 2.46. The second-order valence-electron chi connectivity index (χ2n) is 8.35. The van der Waals surface area contributed by atoms with Crippen LogP contribution in [0.1, 0.15) is 27.2 Å². The molecule has 0 spiro atoms. The maximum absolute atomic E-state index is 10.8. The first-order valence-corrected chi connectivity index (χ1v) is 12.3. The molecule has 0 saturated heterocycles. The van der Waals surface area contributed by atoms with Crippen LogP contribution in [0.3, 0.4) is 0 Å². The van der Waals surface area contributed by atoms with Gasteiger partial charge >= 0.3 is 0 Å². The molecule has 0 radical (unpaired) electrons. The highest BCUT2D eigenvalue weighted by atomic mass is 28.3. The van der Waals surface area contributed by atoms with Crippen LogP contribution in [0.15, 0.2) is 86.0 Å². The average Bonchev–Trinajstić information content (AvgIpc) is 2.70. The molecule has 0 aliphatic carbocycles. The Morgan fingerprint density at radius 1 is 0.964 bits per heavy atom. The van der Waals surface area contributed by atoms with Crippen molar-refractivity contribution in [1.29, 1.82) is 0 Å². The lowest BCUT2D eigenvalue weighted by Gasteiger charge is -2.39. The molecule has 2 nitrogen and oxygen atoms in total. The first-order valence-electron chi connectivity index (χ1n) is 10.00. The molecule has 2 rings (SSSR count). The van der Waals surface area contributed by atoms with E-state index in [0.717, 1.165) is 6.04 Å². The standard InChI is InChI=1S/C25H34O2Si/c1-6-18-28(23-14-10-8-11-15-23,24-16-12-9-13-17-24)22(7-2)19-21(26)20-27-25(3,4)5/h6-17,21-22,26H,1-2,18-20H2,3-5H3/t21-,22-/m1/s1. The number of benzene rings is 2. The van der Waals surface area contributed by atoms with E-state index in [1.165, 1.54) is 10.4 Å². The Labute approximate surface area is 171 Å². The summed E-state index contributed by atoms with van der Waals surface area (Å²) in [6, 6.07) is 22.3. The highest BCUT2D eigenvalue weighted by molar-refractivity contribution is 7.03. The SMILES string of the molecule is C=CC[Si](c1ccccc1)(c1ccccc1)[C@H](C=C)C[C@@H](O)COC(C)(C)C. The fraction of sp³-hybridized carbons (Fsp3) is 0.360. The summed E-state index contributed by atoms with van der Waals surface area (Å²) >= 11 is 0.